The van der Waals surface area contributed by atoms with Crippen LogP contribution in [0.15, 0.2) is 48.8 Å². The molecule has 2 unspecified atom stereocenters. The number of fused-ring (bicyclic) bond motifs is 1. The molecule has 2 atom stereocenters. The molecule has 1 amide bonds. The largest absolute Gasteiger partial charge is 0.487 e. The van der Waals surface area contributed by atoms with Crippen molar-refractivity contribution in [1.29, 1.82) is 0 Å². The van der Waals surface area contributed by atoms with Crippen molar-refractivity contribution < 1.29 is 28.5 Å². The molecule has 4 rings (SSSR count). The molecule has 188 valence electrons. The number of para-hydroxylation sites is 1. The van der Waals surface area contributed by atoms with E-state index < -0.39 is 36.3 Å². The maximum atomic E-state index is 14.2. The summed E-state index contributed by atoms with van der Waals surface area (Å²) in [6.45, 7) is 2.55. The van der Waals surface area contributed by atoms with E-state index in [0.29, 0.717) is 39.2 Å². The van der Waals surface area contributed by atoms with E-state index in [1.165, 1.54) is 16.9 Å². The van der Waals surface area contributed by atoms with Gasteiger partial charge >= 0.3 is 0 Å². The lowest BCUT2D eigenvalue weighted by Gasteiger charge is -2.21. The first-order chi connectivity index (χ1) is 17.2. The molecule has 0 aliphatic rings. The third-order valence-electron chi connectivity index (χ3n) is 5.57. The zero-order chi connectivity index (χ0) is 26.0. The Balaban J connectivity index is 1.68. The Bertz CT molecular complexity index is 1430. The van der Waals surface area contributed by atoms with E-state index in [0.717, 1.165) is 12.3 Å². The number of aromatic nitrogens is 3. The number of amides is 1. The molecular weight excluding hydrogens is 494 g/mol. The van der Waals surface area contributed by atoms with Crippen LogP contribution in [-0.4, -0.2) is 43.6 Å². The molecule has 0 aliphatic carbocycles. The molecule has 11 heteroatoms. The number of halogens is 3. The summed E-state index contributed by atoms with van der Waals surface area (Å²) in [4.78, 5) is 16.6. The van der Waals surface area contributed by atoms with Crippen LogP contribution in [0.4, 0.5) is 8.78 Å². The van der Waals surface area contributed by atoms with Gasteiger partial charge in [0.1, 0.15) is 23.7 Å². The topological polar surface area (TPSA) is 110 Å². The fourth-order valence-corrected chi connectivity index (χ4v) is 4.12. The highest BCUT2D eigenvalue weighted by Gasteiger charge is 2.22. The minimum atomic E-state index is -1.61. The molecule has 2 heterocycles. The number of aryl methyl sites for hydroxylation is 1. The number of hydrogen-bond acceptors (Lipinski definition) is 6. The number of pyridine rings is 1. The highest BCUT2D eigenvalue weighted by molar-refractivity contribution is 6.31. The van der Waals surface area contributed by atoms with Crippen molar-refractivity contribution in [1.82, 2.24) is 20.1 Å². The van der Waals surface area contributed by atoms with E-state index in [1.54, 1.807) is 32.0 Å². The van der Waals surface area contributed by atoms with Crippen molar-refractivity contribution in [2.75, 3.05) is 6.61 Å². The summed E-state index contributed by atoms with van der Waals surface area (Å²) in [5.74, 6) is -1.49. The third-order valence-corrected chi connectivity index (χ3v) is 5.91. The molecule has 3 N–H and O–H groups in total. The Morgan fingerprint density at radius 2 is 2.03 bits per heavy atom. The Hall–Kier alpha value is -3.60. The van der Waals surface area contributed by atoms with Crippen molar-refractivity contribution in [2.24, 2.45) is 0 Å². The average Bonchev–Trinajstić information content (AvgIpc) is 3.28. The molecule has 36 heavy (non-hydrogen) atoms. The van der Waals surface area contributed by atoms with E-state index in [4.69, 9.17) is 21.4 Å². The van der Waals surface area contributed by atoms with Gasteiger partial charge in [0.2, 0.25) is 0 Å². The average molecular weight is 517 g/mol. The normalized spacial score (nSPS) is 13.0. The SMILES string of the molecule is Cc1cc(-n2cc(F)cn2)c2cccc(OCc3c(Cl)cc(F)cc3C(C)NC(=O)C(O)CO)c2n1. The molecule has 0 saturated carbocycles. The van der Waals surface area contributed by atoms with E-state index in [2.05, 4.69) is 15.4 Å². The van der Waals surface area contributed by atoms with Crippen LogP contribution in [0.3, 0.4) is 0 Å². The number of rotatable bonds is 8. The van der Waals surface area contributed by atoms with Crippen LogP contribution < -0.4 is 10.1 Å². The predicted octanol–water partition coefficient (Wildman–Crippen LogP) is 3.77. The van der Waals surface area contributed by atoms with Gasteiger partial charge in [0, 0.05) is 16.6 Å². The van der Waals surface area contributed by atoms with Gasteiger partial charge in [-0.2, -0.15) is 5.10 Å². The number of benzene rings is 2. The molecular formula is C25H23ClF2N4O4. The van der Waals surface area contributed by atoms with Gasteiger partial charge in [0.05, 0.1) is 35.8 Å². The molecule has 0 bridgehead atoms. The van der Waals surface area contributed by atoms with Gasteiger partial charge in [-0.3, -0.25) is 4.79 Å². The van der Waals surface area contributed by atoms with Crippen LogP contribution in [0.2, 0.25) is 5.02 Å². The van der Waals surface area contributed by atoms with Gasteiger partial charge in [-0.1, -0.05) is 23.7 Å². The number of carbonyl (C=O) groups excluding carboxylic acids is 1. The second-order valence-corrected chi connectivity index (χ2v) is 8.62. The van der Waals surface area contributed by atoms with Crippen molar-refractivity contribution in [2.45, 2.75) is 32.6 Å². The molecule has 2 aromatic carbocycles. The minimum Gasteiger partial charge on any atom is -0.487 e. The zero-order valence-corrected chi connectivity index (χ0v) is 20.1. The van der Waals surface area contributed by atoms with Crippen LogP contribution in [0.25, 0.3) is 16.6 Å². The maximum absolute atomic E-state index is 14.2. The number of nitrogens with one attached hydrogen (secondary N) is 1. The van der Waals surface area contributed by atoms with Crippen LogP contribution in [0.1, 0.15) is 29.8 Å². The van der Waals surface area contributed by atoms with Crippen LogP contribution in [-0.2, 0) is 11.4 Å². The second-order valence-electron chi connectivity index (χ2n) is 8.21. The van der Waals surface area contributed by atoms with Crippen LogP contribution in [0, 0.1) is 18.6 Å². The third kappa shape index (κ3) is 5.30. The Morgan fingerprint density at radius 1 is 1.25 bits per heavy atom. The molecule has 2 aromatic heterocycles. The summed E-state index contributed by atoms with van der Waals surface area (Å²) in [6, 6.07) is 8.65. The molecule has 0 spiro atoms. The van der Waals surface area contributed by atoms with E-state index in [9.17, 15) is 18.7 Å². The number of aliphatic hydroxyl groups excluding tert-OH is 2. The van der Waals surface area contributed by atoms with Gasteiger partial charge in [0.15, 0.2) is 11.9 Å². The number of aliphatic hydroxyl groups is 2. The van der Waals surface area contributed by atoms with Crippen molar-refractivity contribution >= 4 is 28.4 Å². The first-order valence-corrected chi connectivity index (χ1v) is 11.4. The van der Waals surface area contributed by atoms with Crippen molar-refractivity contribution in [3.8, 4) is 11.4 Å². The summed E-state index contributed by atoms with van der Waals surface area (Å²) >= 11 is 6.34. The van der Waals surface area contributed by atoms with Crippen LogP contribution >= 0.6 is 11.6 Å². The lowest BCUT2D eigenvalue weighted by atomic mass is 10.0. The Labute approximate surface area is 210 Å². The van der Waals surface area contributed by atoms with Gasteiger partial charge in [-0.05, 0) is 43.7 Å². The van der Waals surface area contributed by atoms with E-state index >= 15 is 0 Å². The van der Waals surface area contributed by atoms with Gasteiger partial charge in [-0.25, -0.2) is 18.4 Å². The number of hydrogen-bond donors (Lipinski definition) is 3. The molecule has 0 saturated heterocycles. The molecule has 8 nitrogen and oxygen atoms in total. The Kier molecular flexibility index (Phi) is 7.48. The maximum Gasteiger partial charge on any atom is 0.251 e. The highest BCUT2D eigenvalue weighted by atomic mass is 35.5. The molecule has 0 radical (unpaired) electrons. The fraction of sp³-hybridized carbons (Fsp3) is 0.240. The van der Waals surface area contributed by atoms with Gasteiger partial charge < -0.3 is 20.3 Å². The lowest BCUT2D eigenvalue weighted by Crippen LogP contribution is -2.38. The zero-order valence-electron chi connectivity index (χ0n) is 19.4. The van der Waals surface area contributed by atoms with E-state index in [-0.39, 0.29) is 11.6 Å². The Morgan fingerprint density at radius 3 is 2.72 bits per heavy atom. The quantitative estimate of drug-likeness (QED) is 0.329. The summed E-state index contributed by atoms with van der Waals surface area (Å²) in [6.07, 6.45) is 0.758. The van der Waals surface area contributed by atoms with Gasteiger partial charge in [0.25, 0.3) is 5.91 Å². The first-order valence-electron chi connectivity index (χ1n) is 11.0. The first kappa shape index (κ1) is 25.5. The van der Waals surface area contributed by atoms with Crippen molar-refractivity contribution in [3.63, 3.8) is 0 Å². The minimum absolute atomic E-state index is 0.0856. The van der Waals surface area contributed by atoms with Crippen LogP contribution in [0.5, 0.6) is 5.75 Å². The fourth-order valence-electron chi connectivity index (χ4n) is 3.85. The summed E-state index contributed by atoms with van der Waals surface area (Å²) in [5, 5.41) is 25.9. The number of ether oxygens (including phenoxy) is 1. The molecule has 0 fully saturated rings. The number of nitrogens with zero attached hydrogens (tertiary/aromatic N) is 3. The lowest BCUT2D eigenvalue weighted by molar-refractivity contribution is -0.131. The number of carbonyl (C=O) groups is 1. The summed E-state index contributed by atoms with van der Waals surface area (Å²) in [7, 11) is 0. The molecule has 4 aromatic rings. The predicted molar refractivity (Wildman–Crippen MR) is 129 cm³/mol. The van der Waals surface area contributed by atoms with Crippen molar-refractivity contribution in [3.05, 3.63) is 82.3 Å². The highest BCUT2D eigenvalue weighted by Crippen LogP contribution is 2.32. The summed E-state index contributed by atoms with van der Waals surface area (Å²) in [5.41, 5.74) is 2.55. The monoisotopic (exact) mass is 516 g/mol. The standard InChI is InChI=1S/C25H23ClF2N4O4/c1-13-6-21(32-10-16(28)9-29-32)17-4-3-5-23(24(17)30-13)36-12-19-18(7-15(27)8-20(19)26)14(2)31-25(35)22(34)11-33/h3-10,14,22,33-34H,11-12H2,1-2H3,(H,31,35). The second kappa shape index (κ2) is 10.6. The smallest absolute Gasteiger partial charge is 0.251 e. The van der Waals surface area contributed by atoms with E-state index in [1.807, 2.05) is 6.07 Å². The molecule has 0 aliphatic heterocycles. The van der Waals surface area contributed by atoms with Gasteiger partial charge in [-0.15, -0.1) is 0 Å². The summed E-state index contributed by atoms with van der Waals surface area (Å²) < 4.78 is 35.3.